The Bertz CT molecular complexity index is 582. The zero-order valence-electron chi connectivity index (χ0n) is 11.3. The normalized spacial score (nSPS) is 12.6. The van der Waals surface area contributed by atoms with Gasteiger partial charge in [-0.05, 0) is 49.2 Å². The number of hydrogen-bond acceptors (Lipinski definition) is 2. The molecular formula is C16H14Cl2N2. The summed E-state index contributed by atoms with van der Waals surface area (Å²) in [6, 6.07) is 15.1. The summed E-state index contributed by atoms with van der Waals surface area (Å²) < 4.78 is 0. The summed E-state index contributed by atoms with van der Waals surface area (Å²) in [6.07, 6.45) is 0. The first-order valence-electron chi connectivity index (χ1n) is 6.17. The van der Waals surface area contributed by atoms with Crippen molar-refractivity contribution in [3.63, 3.8) is 0 Å². The molecule has 0 N–H and O–H groups in total. The van der Waals surface area contributed by atoms with Crippen LogP contribution in [0.5, 0.6) is 0 Å². The molecule has 0 bridgehead atoms. The van der Waals surface area contributed by atoms with Crippen LogP contribution >= 0.6 is 23.2 Å². The Balaban J connectivity index is 2.19. The van der Waals surface area contributed by atoms with Crippen LogP contribution in [0.2, 0.25) is 10.0 Å². The van der Waals surface area contributed by atoms with Crippen LogP contribution < -0.4 is 0 Å². The summed E-state index contributed by atoms with van der Waals surface area (Å²) in [5.74, 6) is 0. The molecule has 2 rings (SSSR count). The Morgan fingerprint density at radius 3 is 1.25 bits per heavy atom. The zero-order valence-corrected chi connectivity index (χ0v) is 12.8. The summed E-state index contributed by atoms with van der Waals surface area (Å²) >= 11 is 11.7. The van der Waals surface area contributed by atoms with Gasteiger partial charge in [0.2, 0.25) is 0 Å². The van der Waals surface area contributed by atoms with Gasteiger partial charge >= 0.3 is 0 Å². The molecule has 4 heteroatoms. The molecule has 0 fully saturated rings. The van der Waals surface area contributed by atoms with Crippen LogP contribution in [0.15, 0.2) is 58.7 Å². The van der Waals surface area contributed by atoms with Crippen LogP contribution in [0.25, 0.3) is 0 Å². The lowest BCUT2D eigenvalue weighted by Gasteiger charge is -2.01. The Hall–Kier alpha value is -1.64. The van der Waals surface area contributed by atoms with Gasteiger partial charge in [-0.25, -0.2) is 0 Å². The molecule has 0 aliphatic carbocycles. The Morgan fingerprint density at radius 2 is 0.950 bits per heavy atom. The summed E-state index contributed by atoms with van der Waals surface area (Å²) in [4.78, 5) is 0. The highest BCUT2D eigenvalue weighted by Gasteiger charge is 1.99. The van der Waals surface area contributed by atoms with Crippen molar-refractivity contribution in [1.29, 1.82) is 0 Å². The fraction of sp³-hybridized carbons (Fsp3) is 0.125. The van der Waals surface area contributed by atoms with E-state index in [9.17, 15) is 0 Å². The molecule has 0 spiro atoms. The molecule has 0 atom stereocenters. The van der Waals surface area contributed by atoms with Gasteiger partial charge in [-0.3, -0.25) is 0 Å². The largest absolute Gasteiger partial charge is 0.155 e. The van der Waals surface area contributed by atoms with E-state index in [-0.39, 0.29) is 0 Å². The topological polar surface area (TPSA) is 24.7 Å². The van der Waals surface area contributed by atoms with Crippen molar-refractivity contribution in [2.45, 2.75) is 13.8 Å². The zero-order chi connectivity index (χ0) is 14.5. The smallest absolute Gasteiger partial charge is 0.0671 e. The van der Waals surface area contributed by atoms with Gasteiger partial charge in [0.1, 0.15) is 0 Å². The predicted octanol–water partition coefficient (Wildman–Crippen LogP) is 5.23. The van der Waals surface area contributed by atoms with E-state index in [0.717, 1.165) is 22.6 Å². The van der Waals surface area contributed by atoms with Gasteiger partial charge in [0.05, 0.1) is 11.4 Å². The fourth-order valence-corrected chi connectivity index (χ4v) is 1.90. The van der Waals surface area contributed by atoms with Gasteiger partial charge in [-0.2, -0.15) is 10.2 Å². The molecule has 2 aromatic rings. The van der Waals surface area contributed by atoms with E-state index < -0.39 is 0 Å². The molecule has 0 saturated carbocycles. The molecule has 0 radical (unpaired) electrons. The minimum absolute atomic E-state index is 0.711. The third kappa shape index (κ3) is 3.92. The minimum Gasteiger partial charge on any atom is -0.155 e. The van der Waals surface area contributed by atoms with Crippen molar-refractivity contribution in [2.24, 2.45) is 10.2 Å². The summed E-state index contributed by atoms with van der Waals surface area (Å²) in [5, 5.41) is 9.92. The summed E-state index contributed by atoms with van der Waals surface area (Å²) in [5.41, 5.74) is 3.69. The standard InChI is InChI=1S/C16H14Cl2N2/c1-11(13-3-7-15(17)8-4-13)19-20-12(2)14-5-9-16(18)10-6-14/h3-10H,1-2H3/b19-11+,20-12?. The summed E-state index contributed by atoms with van der Waals surface area (Å²) in [7, 11) is 0. The number of nitrogens with zero attached hydrogens (tertiary/aromatic N) is 2. The molecule has 0 aliphatic rings. The van der Waals surface area contributed by atoms with E-state index in [2.05, 4.69) is 10.2 Å². The Labute approximate surface area is 128 Å². The van der Waals surface area contributed by atoms with Crippen LogP contribution in [0.4, 0.5) is 0 Å². The summed E-state index contributed by atoms with van der Waals surface area (Å²) in [6.45, 7) is 3.84. The highest BCUT2D eigenvalue weighted by Crippen LogP contribution is 2.12. The molecule has 0 aliphatic heterocycles. The van der Waals surface area contributed by atoms with Gasteiger partial charge < -0.3 is 0 Å². The van der Waals surface area contributed by atoms with Gasteiger partial charge in [0.25, 0.3) is 0 Å². The maximum absolute atomic E-state index is 5.86. The second-order valence-corrected chi connectivity index (χ2v) is 5.26. The van der Waals surface area contributed by atoms with Crippen LogP contribution in [0, 0.1) is 0 Å². The van der Waals surface area contributed by atoms with Crippen LogP contribution in [-0.2, 0) is 0 Å². The quantitative estimate of drug-likeness (QED) is 0.548. The van der Waals surface area contributed by atoms with Gasteiger partial charge in [0, 0.05) is 10.0 Å². The van der Waals surface area contributed by atoms with Crippen molar-refractivity contribution in [3.8, 4) is 0 Å². The highest BCUT2D eigenvalue weighted by atomic mass is 35.5. The van der Waals surface area contributed by atoms with E-state index in [1.807, 2.05) is 62.4 Å². The number of halogens is 2. The molecule has 0 unspecified atom stereocenters. The second-order valence-electron chi connectivity index (χ2n) is 4.38. The van der Waals surface area contributed by atoms with Gasteiger partial charge in [-0.1, -0.05) is 47.5 Å². The van der Waals surface area contributed by atoms with E-state index in [0.29, 0.717) is 10.0 Å². The van der Waals surface area contributed by atoms with Crippen molar-refractivity contribution in [2.75, 3.05) is 0 Å². The lowest BCUT2D eigenvalue weighted by molar-refractivity contribution is 1.22. The second kappa shape index (κ2) is 6.69. The minimum atomic E-state index is 0.711. The number of hydrogen-bond donors (Lipinski definition) is 0. The van der Waals surface area contributed by atoms with E-state index in [1.54, 1.807) is 0 Å². The molecule has 0 amide bonds. The van der Waals surface area contributed by atoms with Gasteiger partial charge in [-0.15, -0.1) is 0 Å². The molecule has 20 heavy (non-hydrogen) atoms. The molecule has 102 valence electrons. The molecular weight excluding hydrogens is 291 g/mol. The van der Waals surface area contributed by atoms with Crippen molar-refractivity contribution in [3.05, 3.63) is 69.7 Å². The maximum Gasteiger partial charge on any atom is 0.0671 e. The van der Waals surface area contributed by atoms with Crippen molar-refractivity contribution < 1.29 is 0 Å². The predicted molar refractivity (Wildman–Crippen MR) is 87.3 cm³/mol. The van der Waals surface area contributed by atoms with E-state index >= 15 is 0 Å². The first kappa shape index (κ1) is 14.8. The average molecular weight is 305 g/mol. The Kier molecular flexibility index (Phi) is 4.94. The van der Waals surface area contributed by atoms with Gasteiger partial charge in [0.15, 0.2) is 0 Å². The van der Waals surface area contributed by atoms with Crippen molar-refractivity contribution in [1.82, 2.24) is 0 Å². The van der Waals surface area contributed by atoms with Crippen LogP contribution in [0.3, 0.4) is 0 Å². The first-order chi connectivity index (χ1) is 9.56. The maximum atomic E-state index is 5.86. The molecule has 2 aromatic carbocycles. The first-order valence-corrected chi connectivity index (χ1v) is 6.92. The third-order valence-corrected chi connectivity index (χ3v) is 3.38. The third-order valence-electron chi connectivity index (χ3n) is 2.87. The van der Waals surface area contributed by atoms with Crippen molar-refractivity contribution >= 4 is 34.6 Å². The molecule has 0 saturated heterocycles. The fourth-order valence-electron chi connectivity index (χ4n) is 1.65. The lowest BCUT2D eigenvalue weighted by atomic mass is 10.1. The number of rotatable bonds is 3. The van der Waals surface area contributed by atoms with E-state index in [1.165, 1.54) is 0 Å². The highest BCUT2D eigenvalue weighted by molar-refractivity contribution is 6.31. The number of benzene rings is 2. The van der Waals surface area contributed by atoms with E-state index in [4.69, 9.17) is 23.2 Å². The molecule has 0 heterocycles. The Morgan fingerprint density at radius 1 is 0.650 bits per heavy atom. The SMILES string of the molecule is CC(=N/N=C(\C)c1ccc(Cl)cc1)c1ccc(Cl)cc1. The monoisotopic (exact) mass is 304 g/mol. The lowest BCUT2D eigenvalue weighted by Crippen LogP contribution is -1.96. The average Bonchev–Trinajstić information content (AvgIpc) is 2.46. The van der Waals surface area contributed by atoms with Crippen LogP contribution in [0.1, 0.15) is 25.0 Å². The molecule has 0 aromatic heterocycles. The van der Waals surface area contributed by atoms with Crippen LogP contribution in [-0.4, -0.2) is 11.4 Å². The molecule has 2 nitrogen and oxygen atoms in total.